The number of carbonyl (C=O) groups is 1. The maximum atomic E-state index is 11.3. The number of carbonyl (C=O) groups excluding carboxylic acids is 1. The summed E-state index contributed by atoms with van der Waals surface area (Å²) in [5, 5.41) is 2.86. The molecule has 0 spiro atoms. The lowest BCUT2D eigenvalue weighted by Crippen LogP contribution is -2.36. The van der Waals surface area contributed by atoms with Gasteiger partial charge in [-0.25, -0.2) is 0 Å². The summed E-state index contributed by atoms with van der Waals surface area (Å²) in [5.41, 5.74) is 0. The Bertz CT molecular complexity index is 260. The Labute approximate surface area is 89.5 Å². The predicted molar refractivity (Wildman–Crippen MR) is 56.5 cm³/mol. The Hall–Kier alpha value is -1.21. The minimum Gasteiger partial charge on any atom is -0.449 e. The Kier molecular flexibility index (Phi) is 5.73. The van der Waals surface area contributed by atoms with Crippen LogP contribution in [0.3, 0.4) is 0 Å². The lowest BCUT2D eigenvalue weighted by Gasteiger charge is -2.18. The smallest absolute Gasteiger partial charge is 0.313 e. The monoisotopic (exact) mass is 216 g/mol. The lowest BCUT2D eigenvalue weighted by atomic mass is 10.1. The van der Waals surface area contributed by atoms with Gasteiger partial charge in [0.05, 0.1) is 18.8 Å². The van der Waals surface area contributed by atoms with Gasteiger partial charge in [-0.3, -0.25) is 9.79 Å². The molecule has 0 saturated carbocycles. The molecule has 1 rings (SSSR count). The van der Waals surface area contributed by atoms with Gasteiger partial charge >= 0.3 is 5.97 Å². The van der Waals surface area contributed by atoms with Crippen molar-refractivity contribution in [3.63, 3.8) is 0 Å². The standard InChI is InChI=1S/C9H12N2O2.ClH/c1-3-7(2)13-9(12)8-4-10-6-11-5-8;/h1,6-8H,4-5H2,2H3,(H,10,11);1H. The predicted octanol–water partition coefficient (Wildman–Crippen LogP) is 0.221. The van der Waals surface area contributed by atoms with E-state index in [2.05, 4.69) is 16.2 Å². The number of halogens is 1. The zero-order valence-corrected chi connectivity index (χ0v) is 8.71. The SMILES string of the molecule is C#CC(C)OC(=O)C1CN=CNC1.Cl. The van der Waals surface area contributed by atoms with E-state index in [0.717, 1.165) is 0 Å². The topological polar surface area (TPSA) is 50.7 Å². The maximum Gasteiger partial charge on any atom is 0.313 e. The quantitative estimate of drug-likeness (QED) is 0.531. The number of ether oxygens (including phenoxy) is 1. The normalized spacial score (nSPS) is 21.0. The summed E-state index contributed by atoms with van der Waals surface area (Å²) in [5.74, 6) is 1.84. The van der Waals surface area contributed by atoms with Crippen LogP contribution in [0.2, 0.25) is 0 Å². The fraction of sp³-hybridized carbons (Fsp3) is 0.556. The molecule has 0 amide bonds. The molecule has 0 radical (unpaired) electrons. The van der Waals surface area contributed by atoms with Crippen molar-refractivity contribution in [1.82, 2.24) is 5.32 Å². The van der Waals surface area contributed by atoms with Gasteiger partial charge in [-0.1, -0.05) is 5.92 Å². The van der Waals surface area contributed by atoms with Gasteiger partial charge in [-0.2, -0.15) is 0 Å². The van der Waals surface area contributed by atoms with Crippen molar-refractivity contribution >= 4 is 24.7 Å². The van der Waals surface area contributed by atoms with E-state index in [9.17, 15) is 4.79 Å². The molecule has 0 aromatic carbocycles. The van der Waals surface area contributed by atoms with Crippen molar-refractivity contribution < 1.29 is 9.53 Å². The average Bonchev–Trinajstić information content (AvgIpc) is 2.19. The fourth-order valence-corrected chi connectivity index (χ4v) is 0.966. The number of hydrogen-bond donors (Lipinski definition) is 1. The maximum absolute atomic E-state index is 11.3. The molecule has 2 unspecified atom stereocenters. The molecule has 5 heteroatoms. The van der Waals surface area contributed by atoms with Crippen LogP contribution in [0.4, 0.5) is 0 Å². The molecule has 1 aliphatic rings. The van der Waals surface area contributed by atoms with E-state index in [1.165, 1.54) is 0 Å². The van der Waals surface area contributed by atoms with E-state index < -0.39 is 6.10 Å². The minimum absolute atomic E-state index is 0. The summed E-state index contributed by atoms with van der Waals surface area (Å²) in [4.78, 5) is 15.3. The fourth-order valence-electron chi connectivity index (χ4n) is 0.966. The van der Waals surface area contributed by atoms with Crippen LogP contribution in [-0.4, -0.2) is 31.5 Å². The third kappa shape index (κ3) is 3.67. The second-order valence-electron chi connectivity index (χ2n) is 2.85. The molecule has 4 nitrogen and oxygen atoms in total. The van der Waals surface area contributed by atoms with Crippen LogP contribution >= 0.6 is 12.4 Å². The molecule has 0 bridgehead atoms. The number of rotatable bonds is 2. The molecule has 78 valence electrons. The van der Waals surface area contributed by atoms with Gasteiger partial charge in [0, 0.05) is 6.54 Å². The van der Waals surface area contributed by atoms with Crippen molar-refractivity contribution in [2.24, 2.45) is 10.9 Å². The summed E-state index contributed by atoms with van der Waals surface area (Å²) in [6.45, 7) is 2.71. The molecule has 0 aromatic rings. The zero-order chi connectivity index (χ0) is 9.68. The van der Waals surface area contributed by atoms with Crippen molar-refractivity contribution in [2.45, 2.75) is 13.0 Å². The van der Waals surface area contributed by atoms with Crippen LogP contribution in [0.25, 0.3) is 0 Å². The van der Waals surface area contributed by atoms with E-state index in [0.29, 0.717) is 13.1 Å². The molecular weight excluding hydrogens is 204 g/mol. The molecule has 2 atom stereocenters. The second kappa shape index (κ2) is 6.28. The van der Waals surface area contributed by atoms with Crippen molar-refractivity contribution in [3.8, 4) is 12.3 Å². The van der Waals surface area contributed by atoms with Gasteiger partial charge in [-0.15, -0.1) is 18.8 Å². The molecule has 1 aliphatic heterocycles. The van der Waals surface area contributed by atoms with E-state index >= 15 is 0 Å². The highest BCUT2D eigenvalue weighted by atomic mass is 35.5. The van der Waals surface area contributed by atoms with Crippen LogP contribution in [0.15, 0.2) is 4.99 Å². The highest BCUT2D eigenvalue weighted by molar-refractivity contribution is 5.85. The Morgan fingerprint density at radius 1 is 1.86 bits per heavy atom. The minimum atomic E-state index is -0.460. The number of terminal acetylenes is 1. The van der Waals surface area contributed by atoms with Crippen LogP contribution in [-0.2, 0) is 9.53 Å². The highest BCUT2D eigenvalue weighted by Gasteiger charge is 2.22. The first kappa shape index (κ1) is 12.8. The van der Waals surface area contributed by atoms with Crippen molar-refractivity contribution in [1.29, 1.82) is 0 Å². The third-order valence-electron chi connectivity index (χ3n) is 1.73. The summed E-state index contributed by atoms with van der Waals surface area (Å²) in [6.07, 6.45) is 6.21. The van der Waals surface area contributed by atoms with Crippen molar-refractivity contribution in [3.05, 3.63) is 0 Å². The van der Waals surface area contributed by atoms with Gasteiger partial charge in [0.1, 0.15) is 0 Å². The Balaban J connectivity index is 0.00000169. The van der Waals surface area contributed by atoms with Crippen LogP contribution in [0.5, 0.6) is 0 Å². The summed E-state index contributed by atoms with van der Waals surface area (Å²) < 4.78 is 4.95. The number of hydrogen-bond acceptors (Lipinski definition) is 4. The molecular formula is C9H13ClN2O2. The number of aliphatic imine (C=N–C) groups is 1. The molecule has 0 fully saturated rings. The number of esters is 1. The van der Waals surface area contributed by atoms with Gasteiger partial charge < -0.3 is 10.1 Å². The summed E-state index contributed by atoms with van der Waals surface area (Å²) in [6, 6.07) is 0. The van der Waals surface area contributed by atoms with Gasteiger partial charge in [0.25, 0.3) is 0 Å². The summed E-state index contributed by atoms with van der Waals surface area (Å²) >= 11 is 0. The lowest BCUT2D eigenvalue weighted by molar-refractivity contribution is -0.150. The average molecular weight is 217 g/mol. The number of nitrogens with one attached hydrogen (secondary N) is 1. The van der Waals surface area contributed by atoms with E-state index in [4.69, 9.17) is 11.2 Å². The first-order valence-corrected chi connectivity index (χ1v) is 4.12. The van der Waals surface area contributed by atoms with Gasteiger partial charge in [0.2, 0.25) is 0 Å². The Morgan fingerprint density at radius 2 is 2.57 bits per heavy atom. The molecule has 0 aromatic heterocycles. The second-order valence-corrected chi connectivity index (χ2v) is 2.85. The first-order chi connectivity index (χ1) is 6.24. The molecule has 0 aliphatic carbocycles. The molecule has 1 heterocycles. The third-order valence-corrected chi connectivity index (χ3v) is 1.73. The van der Waals surface area contributed by atoms with E-state index in [-0.39, 0.29) is 24.3 Å². The zero-order valence-electron chi connectivity index (χ0n) is 7.90. The van der Waals surface area contributed by atoms with Gasteiger partial charge in [-0.05, 0) is 6.92 Å². The molecule has 1 N–H and O–H groups in total. The van der Waals surface area contributed by atoms with Crippen LogP contribution in [0, 0.1) is 18.3 Å². The Morgan fingerprint density at radius 3 is 3.07 bits per heavy atom. The van der Waals surface area contributed by atoms with Crippen molar-refractivity contribution in [2.75, 3.05) is 13.1 Å². The highest BCUT2D eigenvalue weighted by Crippen LogP contribution is 2.04. The van der Waals surface area contributed by atoms with E-state index in [1.807, 2.05) is 0 Å². The molecule has 0 saturated heterocycles. The number of nitrogens with zero attached hydrogens (tertiary/aromatic N) is 1. The first-order valence-electron chi connectivity index (χ1n) is 4.12. The molecule has 14 heavy (non-hydrogen) atoms. The van der Waals surface area contributed by atoms with Crippen LogP contribution < -0.4 is 5.32 Å². The summed E-state index contributed by atoms with van der Waals surface area (Å²) in [7, 11) is 0. The van der Waals surface area contributed by atoms with Crippen LogP contribution in [0.1, 0.15) is 6.92 Å². The largest absolute Gasteiger partial charge is 0.449 e. The van der Waals surface area contributed by atoms with Gasteiger partial charge in [0.15, 0.2) is 6.10 Å². The van der Waals surface area contributed by atoms with E-state index in [1.54, 1.807) is 13.3 Å².